The quantitative estimate of drug-likeness (QED) is 0.348. The van der Waals surface area contributed by atoms with Crippen LogP contribution >= 0.6 is 0 Å². The molecule has 0 saturated carbocycles. The molecule has 0 saturated heterocycles. The number of nitrogens with zero attached hydrogens (tertiary/aromatic N) is 2. The van der Waals surface area contributed by atoms with Crippen LogP contribution in [-0.4, -0.2) is 64.6 Å². The Morgan fingerprint density at radius 2 is 1.66 bits per heavy atom. The Balaban J connectivity index is 1.71. The van der Waals surface area contributed by atoms with Crippen molar-refractivity contribution in [3.8, 4) is 17.2 Å². The van der Waals surface area contributed by atoms with Gasteiger partial charge >= 0.3 is 0 Å². The van der Waals surface area contributed by atoms with Crippen molar-refractivity contribution in [1.29, 1.82) is 0 Å². The summed E-state index contributed by atoms with van der Waals surface area (Å²) in [4.78, 5) is 28.4. The zero-order chi connectivity index (χ0) is 29.4. The lowest BCUT2D eigenvalue weighted by Gasteiger charge is -2.32. The number of methoxy groups -OCH3 is 1. The lowest BCUT2D eigenvalue weighted by Crippen LogP contribution is -2.51. The first-order valence-electron chi connectivity index (χ1n) is 13.4. The summed E-state index contributed by atoms with van der Waals surface area (Å²) in [5.74, 6) is 0.654. The van der Waals surface area contributed by atoms with E-state index >= 15 is 0 Å². The van der Waals surface area contributed by atoms with E-state index in [-0.39, 0.29) is 23.0 Å². The first-order chi connectivity index (χ1) is 19.7. The van der Waals surface area contributed by atoms with Crippen LogP contribution in [-0.2, 0) is 26.2 Å². The van der Waals surface area contributed by atoms with Crippen LogP contribution in [0.2, 0.25) is 0 Å². The molecule has 1 aliphatic rings. The maximum atomic E-state index is 14.0. The van der Waals surface area contributed by atoms with Crippen LogP contribution < -0.4 is 23.8 Å². The van der Waals surface area contributed by atoms with Gasteiger partial charge in [-0.3, -0.25) is 13.9 Å². The number of carbonyl (C=O) groups is 2. The fraction of sp³-hybridized carbons (Fsp3) is 0.333. The van der Waals surface area contributed by atoms with Gasteiger partial charge in [-0.1, -0.05) is 37.3 Å². The van der Waals surface area contributed by atoms with Crippen molar-refractivity contribution in [3.05, 3.63) is 78.4 Å². The van der Waals surface area contributed by atoms with Crippen molar-refractivity contribution in [3.63, 3.8) is 0 Å². The molecule has 11 heteroatoms. The average molecular weight is 582 g/mol. The molecule has 0 spiro atoms. The highest BCUT2D eigenvalue weighted by Crippen LogP contribution is 2.36. The van der Waals surface area contributed by atoms with E-state index in [0.717, 1.165) is 16.3 Å². The lowest BCUT2D eigenvalue weighted by molar-refractivity contribution is -0.139. The summed E-state index contributed by atoms with van der Waals surface area (Å²) < 4.78 is 45.4. The number of amides is 2. The maximum absolute atomic E-state index is 14.0. The molecule has 0 bridgehead atoms. The molecule has 41 heavy (non-hydrogen) atoms. The third-order valence-electron chi connectivity index (χ3n) is 6.65. The van der Waals surface area contributed by atoms with Crippen LogP contribution in [0.3, 0.4) is 0 Å². The van der Waals surface area contributed by atoms with E-state index in [1.807, 2.05) is 6.92 Å². The highest BCUT2D eigenvalue weighted by molar-refractivity contribution is 7.92. The van der Waals surface area contributed by atoms with Crippen LogP contribution in [0.1, 0.15) is 25.8 Å². The van der Waals surface area contributed by atoms with Crippen molar-refractivity contribution in [2.75, 3.05) is 37.7 Å². The van der Waals surface area contributed by atoms with Crippen molar-refractivity contribution in [2.45, 2.75) is 37.8 Å². The molecule has 3 aromatic carbocycles. The Morgan fingerprint density at radius 3 is 2.32 bits per heavy atom. The second-order valence-corrected chi connectivity index (χ2v) is 11.4. The van der Waals surface area contributed by atoms with Crippen LogP contribution in [0.15, 0.2) is 77.7 Å². The van der Waals surface area contributed by atoms with Gasteiger partial charge in [0, 0.05) is 19.2 Å². The van der Waals surface area contributed by atoms with Crippen LogP contribution in [0, 0.1) is 0 Å². The van der Waals surface area contributed by atoms with Gasteiger partial charge in [0.05, 0.1) is 17.7 Å². The first kappa shape index (κ1) is 29.7. The minimum atomic E-state index is -4.18. The Morgan fingerprint density at radius 1 is 0.976 bits per heavy atom. The predicted molar refractivity (Wildman–Crippen MR) is 155 cm³/mol. The highest BCUT2D eigenvalue weighted by Gasteiger charge is 2.33. The number of carbonyl (C=O) groups excluding carboxylic acids is 2. The topological polar surface area (TPSA) is 114 Å². The van der Waals surface area contributed by atoms with Gasteiger partial charge in [0.1, 0.15) is 31.5 Å². The van der Waals surface area contributed by atoms with Gasteiger partial charge in [0.25, 0.3) is 10.0 Å². The smallest absolute Gasteiger partial charge is 0.264 e. The summed E-state index contributed by atoms with van der Waals surface area (Å²) in [6.07, 6.45) is 0.734. The molecule has 4 rings (SSSR count). The number of hydrogen-bond donors (Lipinski definition) is 1. The molecule has 1 atom stereocenters. The summed E-state index contributed by atoms with van der Waals surface area (Å²) in [5, 5.41) is 2.83. The Labute approximate surface area is 240 Å². The Kier molecular flexibility index (Phi) is 9.72. The molecular weight excluding hydrogens is 546 g/mol. The third kappa shape index (κ3) is 7.10. The van der Waals surface area contributed by atoms with Gasteiger partial charge in [-0.25, -0.2) is 8.42 Å². The minimum absolute atomic E-state index is 0.0260. The fourth-order valence-corrected chi connectivity index (χ4v) is 5.77. The molecule has 2 amide bonds. The predicted octanol–water partition coefficient (Wildman–Crippen LogP) is 3.61. The molecule has 0 fully saturated rings. The van der Waals surface area contributed by atoms with Crippen LogP contribution in [0.25, 0.3) is 0 Å². The van der Waals surface area contributed by atoms with Crippen molar-refractivity contribution >= 4 is 27.5 Å². The Hall–Kier alpha value is -4.25. The number of sulfonamides is 1. The van der Waals surface area contributed by atoms with Gasteiger partial charge in [0.2, 0.25) is 11.8 Å². The number of hydrogen-bond acceptors (Lipinski definition) is 7. The molecule has 1 aliphatic heterocycles. The summed E-state index contributed by atoms with van der Waals surface area (Å²) in [5.41, 5.74) is 0.991. The van der Waals surface area contributed by atoms with Gasteiger partial charge in [-0.05, 0) is 55.3 Å². The van der Waals surface area contributed by atoms with Crippen molar-refractivity contribution < 1.29 is 32.2 Å². The summed E-state index contributed by atoms with van der Waals surface area (Å²) in [7, 11) is -2.62. The molecule has 10 nitrogen and oxygen atoms in total. The Bertz CT molecular complexity index is 1450. The van der Waals surface area contributed by atoms with E-state index < -0.39 is 28.5 Å². The largest absolute Gasteiger partial charge is 0.497 e. The normalized spacial score (nSPS) is 13.1. The third-order valence-corrected chi connectivity index (χ3v) is 8.44. The summed E-state index contributed by atoms with van der Waals surface area (Å²) >= 11 is 0. The first-order valence-corrected chi connectivity index (χ1v) is 14.9. The van der Waals surface area contributed by atoms with E-state index in [2.05, 4.69) is 5.32 Å². The zero-order valence-corrected chi connectivity index (χ0v) is 24.2. The van der Waals surface area contributed by atoms with E-state index in [1.54, 1.807) is 74.7 Å². The van der Waals surface area contributed by atoms with Gasteiger partial charge in [0.15, 0.2) is 11.5 Å². The number of fused-ring (bicyclic) bond motifs is 1. The molecular formula is C30H35N3O7S. The molecule has 0 aromatic heterocycles. The SMILES string of the molecule is CCCNC(=O)C(C)N(Cc1ccc(OC)cc1)C(=O)CN(c1ccc2c(c1)OCCO2)S(=O)(=O)c1ccccc1. The standard InChI is InChI=1S/C30H35N3O7S/c1-4-16-31-30(35)22(2)32(20-23-10-13-25(38-3)14-11-23)29(34)21-33(41(36,37)26-8-6-5-7-9-26)24-12-15-27-28(19-24)40-18-17-39-27/h5-15,19,22H,4,16-18,20-21H2,1-3H3,(H,31,35). The van der Waals surface area contributed by atoms with Crippen LogP contribution in [0.5, 0.6) is 17.2 Å². The van der Waals surface area contributed by atoms with Gasteiger partial charge in [-0.2, -0.15) is 0 Å². The highest BCUT2D eigenvalue weighted by atomic mass is 32.2. The van der Waals surface area contributed by atoms with Gasteiger partial charge < -0.3 is 24.4 Å². The number of anilines is 1. The van der Waals surface area contributed by atoms with E-state index in [9.17, 15) is 18.0 Å². The number of rotatable bonds is 12. The molecule has 0 radical (unpaired) electrons. The number of benzene rings is 3. The zero-order valence-electron chi connectivity index (χ0n) is 23.4. The second-order valence-electron chi connectivity index (χ2n) is 9.49. The van der Waals surface area contributed by atoms with E-state index in [4.69, 9.17) is 14.2 Å². The number of ether oxygens (including phenoxy) is 3. The van der Waals surface area contributed by atoms with E-state index in [0.29, 0.717) is 37.0 Å². The fourth-order valence-electron chi connectivity index (χ4n) is 4.34. The average Bonchev–Trinajstić information content (AvgIpc) is 3.01. The summed E-state index contributed by atoms with van der Waals surface area (Å²) in [6.45, 7) is 4.27. The molecule has 1 unspecified atom stereocenters. The number of nitrogens with one attached hydrogen (secondary N) is 1. The monoisotopic (exact) mass is 581 g/mol. The minimum Gasteiger partial charge on any atom is -0.497 e. The summed E-state index contributed by atoms with van der Waals surface area (Å²) in [6, 6.07) is 18.9. The molecule has 3 aromatic rings. The lowest BCUT2D eigenvalue weighted by atomic mass is 10.1. The van der Waals surface area contributed by atoms with Crippen LogP contribution in [0.4, 0.5) is 5.69 Å². The molecule has 0 aliphatic carbocycles. The van der Waals surface area contributed by atoms with Gasteiger partial charge in [-0.15, -0.1) is 0 Å². The maximum Gasteiger partial charge on any atom is 0.264 e. The second kappa shape index (κ2) is 13.4. The molecule has 218 valence electrons. The van der Waals surface area contributed by atoms with E-state index in [1.165, 1.54) is 17.0 Å². The van der Waals surface area contributed by atoms with Crippen molar-refractivity contribution in [2.24, 2.45) is 0 Å². The molecule has 1 N–H and O–H groups in total. The van der Waals surface area contributed by atoms with Crippen molar-refractivity contribution in [1.82, 2.24) is 10.2 Å². The molecule has 1 heterocycles.